The second kappa shape index (κ2) is 5.14. The van der Waals surface area contributed by atoms with Crippen LogP contribution in [-0.2, 0) is 19.4 Å². The normalized spacial score (nSPS) is 27.9. The van der Waals surface area contributed by atoms with Crippen LogP contribution in [-0.4, -0.2) is 45.1 Å². The van der Waals surface area contributed by atoms with Gasteiger partial charge in [-0.3, -0.25) is 4.79 Å². The molecule has 1 unspecified atom stereocenters. The maximum Gasteiger partial charge on any atom is 0.307 e. The van der Waals surface area contributed by atoms with E-state index in [4.69, 9.17) is 0 Å². The van der Waals surface area contributed by atoms with Gasteiger partial charge in [-0.2, -0.15) is 0 Å². The lowest BCUT2D eigenvalue weighted by atomic mass is 9.94. The van der Waals surface area contributed by atoms with Crippen molar-refractivity contribution in [1.29, 1.82) is 0 Å². The zero-order valence-electron chi connectivity index (χ0n) is 9.78. The van der Waals surface area contributed by atoms with Crippen molar-refractivity contribution in [3.63, 3.8) is 0 Å². The number of rotatable bonds is 5. The number of carbonyl (C=O) groups is 1. The fourth-order valence-corrected chi connectivity index (χ4v) is 4.03. The number of carbonyl (C=O) groups excluding carboxylic acids is 1. The van der Waals surface area contributed by atoms with Crippen molar-refractivity contribution in [2.75, 3.05) is 25.2 Å². The second-order valence-electron chi connectivity index (χ2n) is 4.30. The van der Waals surface area contributed by atoms with Gasteiger partial charge in [-0.15, -0.1) is 0 Å². The third-order valence-electron chi connectivity index (χ3n) is 2.85. The molecule has 1 aliphatic heterocycles. The summed E-state index contributed by atoms with van der Waals surface area (Å²) < 4.78 is 27.6. The SMILES string of the molecule is CCCNC1(CC(=O)OC)CCS(=O)(=O)C1. The maximum absolute atomic E-state index is 11.5. The summed E-state index contributed by atoms with van der Waals surface area (Å²) in [7, 11) is -1.69. The first-order chi connectivity index (χ1) is 7.43. The van der Waals surface area contributed by atoms with E-state index in [0.717, 1.165) is 6.42 Å². The smallest absolute Gasteiger partial charge is 0.307 e. The van der Waals surface area contributed by atoms with Gasteiger partial charge in [-0.1, -0.05) is 6.92 Å². The van der Waals surface area contributed by atoms with Crippen molar-refractivity contribution in [2.45, 2.75) is 31.7 Å². The average Bonchev–Trinajstić information content (AvgIpc) is 2.52. The number of hydrogen-bond donors (Lipinski definition) is 1. The van der Waals surface area contributed by atoms with E-state index >= 15 is 0 Å². The molecule has 0 bridgehead atoms. The Kier molecular flexibility index (Phi) is 4.32. The van der Waals surface area contributed by atoms with Crippen LogP contribution in [0.3, 0.4) is 0 Å². The highest BCUT2D eigenvalue weighted by Crippen LogP contribution is 2.27. The van der Waals surface area contributed by atoms with Crippen LogP contribution in [0.5, 0.6) is 0 Å². The predicted molar refractivity (Wildman–Crippen MR) is 60.9 cm³/mol. The van der Waals surface area contributed by atoms with E-state index in [0.29, 0.717) is 13.0 Å². The summed E-state index contributed by atoms with van der Waals surface area (Å²) in [5.74, 6) is -0.170. The van der Waals surface area contributed by atoms with Crippen LogP contribution in [0.25, 0.3) is 0 Å². The van der Waals surface area contributed by atoms with Crippen LogP contribution >= 0.6 is 0 Å². The number of methoxy groups -OCH3 is 1. The number of sulfone groups is 1. The van der Waals surface area contributed by atoms with Crippen molar-refractivity contribution in [1.82, 2.24) is 5.32 Å². The zero-order valence-corrected chi connectivity index (χ0v) is 10.6. The number of hydrogen-bond acceptors (Lipinski definition) is 5. The molecule has 16 heavy (non-hydrogen) atoms. The van der Waals surface area contributed by atoms with Crippen molar-refractivity contribution < 1.29 is 17.9 Å². The molecule has 94 valence electrons. The predicted octanol–water partition coefficient (Wildman–Crippen LogP) is 0.106. The van der Waals surface area contributed by atoms with Gasteiger partial charge < -0.3 is 10.1 Å². The van der Waals surface area contributed by atoms with Crippen LogP contribution in [0.15, 0.2) is 0 Å². The lowest BCUT2D eigenvalue weighted by Crippen LogP contribution is -2.48. The molecule has 0 saturated carbocycles. The van der Waals surface area contributed by atoms with E-state index in [1.807, 2.05) is 6.92 Å². The summed E-state index contributed by atoms with van der Waals surface area (Å²) in [5.41, 5.74) is -0.609. The quantitative estimate of drug-likeness (QED) is 0.700. The third kappa shape index (κ3) is 3.45. The molecule has 0 aromatic carbocycles. The Balaban J connectivity index is 2.74. The highest BCUT2D eigenvalue weighted by atomic mass is 32.2. The Labute approximate surface area is 96.5 Å². The molecule has 1 aliphatic rings. The number of ether oxygens (including phenoxy) is 1. The Hall–Kier alpha value is -0.620. The van der Waals surface area contributed by atoms with Gasteiger partial charge in [0.05, 0.1) is 25.0 Å². The maximum atomic E-state index is 11.5. The van der Waals surface area contributed by atoms with Crippen molar-refractivity contribution in [3.8, 4) is 0 Å². The van der Waals surface area contributed by atoms with Gasteiger partial charge >= 0.3 is 5.97 Å². The molecule has 0 radical (unpaired) electrons. The average molecular weight is 249 g/mol. The van der Waals surface area contributed by atoms with Crippen LogP contribution < -0.4 is 5.32 Å². The minimum absolute atomic E-state index is 0.0368. The Bertz CT molecular complexity index is 352. The molecule has 0 amide bonds. The van der Waals surface area contributed by atoms with E-state index in [2.05, 4.69) is 10.1 Å². The van der Waals surface area contributed by atoms with Crippen LogP contribution in [0, 0.1) is 0 Å². The van der Waals surface area contributed by atoms with Gasteiger partial charge in [0.2, 0.25) is 0 Å². The second-order valence-corrected chi connectivity index (χ2v) is 6.49. The molecule has 0 spiro atoms. The summed E-state index contributed by atoms with van der Waals surface area (Å²) in [6, 6.07) is 0. The summed E-state index contributed by atoms with van der Waals surface area (Å²) >= 11 is 0. The highest BCUT2D eigenvalue weighted by Gasteiger charge is 2.43. The van der Waals surface area contributed by atoms with E-state index in [9.17, 15) is 13.2 Å². The largest absolute Gasteiger partial charge is 0.469 e. The molecule has 1 atom stereocenters. The summed E-state index contributed by atoms with van der Waals surface area (Å²) in [6.45, 7) is 2.72. The summed E-state index contributed by atoms with van der Waals surface area (Å²) in [6.07, 6.45) is 1.52. The Morgan fingerprint density at radius 3 is 2.62 bits per heavy atom. The van der Waals surface area contributed by atoms with Gasteiger partial charge in [-0.05, 0) is 19.4 Å². The van der Waals surface area contributed by atoms with Crippen molar-refractivity contribution >= 4 is 15.8 Å². The standard InChI is InChI=1S/C10H19NO4S/c1-3-5-11-10(7-9(12)15-2)4-6-16(13,14)8-10/h11H,3-8H2,1-2H3. The molecule has 5 nitrogen and oxygen atoms in total. The molecule has 1 heterocycles. The molecule has 0 aromatic heterocycles. The first kappa shape index (κ1) is 13.4. The minimum atomic E-state index is -3.01. The molecular formula is C10H19NO4S. The van der Waals surface area contributed by atoms with E-state index < -0.39 is 15.4 Å². The van der Waals surface area contributed by atoms with E-state index in [1.54, 1.807) is 0 Å². The third-order valence-corrected chi connectivity index (χ3v) is 4.67. The minimum Gasteiger partial charge on any atom is -0.469 e. The molecule has 1 fully saturated rings. The molecule has 0 aliphatic carbocycles. The highest BCUT2D eigenvalue weighted by molar-refractivity contribution is 7.91. The van der Waals surface area contributed by atoms with E-state index in [-0.39, 0.29) is 23.9 Å². The monoisotopic (exact) mass is 249 g/mol. The van der Waals surface area contributed by atoms with Gasteiger partial charge in [0.15, 0.2) is 9.84 Å². The fraction of sp³-hybridized carbons (Fsp3) is 0.900. The van der Waals surface area contributed by atoms with Gasteiger partial charge in [-0.25, -0.2) is 8.42 Å². The lowest BCUT2D eigenvalue weighted by Gasteiger charge is -2.27. The molecule has 0 aromatic rings. The zero-order chi connectivity index (χ0) is 12.2. The Morgan fingerprint density at radius 2 is 2.19 bits per heavy atom. The van der Waals surface area contributed by atoms with Gasteiger partial charge in [0, 0.05) is 5.54 Å². The number of nitrogens with one attached hydrogen (secondary N) is 1. The molecule has 1 saturated heterocycles. The molecule has 1 rings (SSSR count). The first-order valence-corrected chi connectivity index (χ1v) is 7.27. The first-order valence-electron chi connectivity index (χ1n) is 5.45. The van der Waals surface area contributed by atoms with Gasteiger partial charge in [0.1, 0.15) is 0 Å². The summed E-state index contributed by atoms with van der Waals surface area (Å²) in [5, 5.41) is 3.19. The lowest BCUT2D eigenvalue weighted by molar-refractivity contribution is -0.142. The van der Waals surface area contributed by atoms with Crippen LogP contribution in [0.4, 0.5) is 0 Å². The van der Waals surface area contributed by atoms with Crippen molar-refractivity contribution in [2.24, 2.45) is 0 Å². The topological polar surface area (TPSA) is 72.5 Å². The van der Waals surface area contributed by atoms with Crippen molar-refractivity contribution in [3.05, 3.63) is 0 Å². The molecule has 6 heteroatoms. The Morgan fingerprint density at radius 1 is 1.50 bits per heavy atom. The van der Waals surface area contributed by atoms with Crippen LogP contribution in [0.1, 0.15) is 26.2 Å². The molecule has 1 N–H and O–H groups in total. The fourth-order valence-electron chi connectivity index (χ4n) is 2.00. The van der Waals surface area contributed by atoms with Gasteiger partial charge in [0.25, 0.3) is 0 Å². The number of esters is 1. The van der Waals surface area contributed by atoms with Crippen LogP contribution in [0.2, 0.25) is 0 Å². The summed E-state index contributed by atoms with van der Waals surface area (Å²) in [4.78, 5) is 11.3. The van der Waals surface area contributed by atoms with E-state index in [1.165, 1.54) is 7.11 Å². The molecular weight excluding hydrogens is 230 g/mol.